The van der Waals surface area contributed by atoms with Gasteiger partial charge < -0.3 is 4.98 Å². The molecule has 3 heterocycles. The van der Waals surface area contributed by atoms with Crippen LogP contribution < -0.4 is 0 Å². The smallest absolute Gasteiger partial charge is 0.185 e. The first kappa shape index (κ1) is 10.2. The zero-order chi connectivity index (χ0) is 12.0. The van der Waals surface area contributed by atoms with Gasteiger partial charge in [0.15, 0.2) is 16.2 Å². The second-order valence-corrected chi connectivity index (χ2v) is 4.33. The molecule has 5 nitrogen and oxygen atoms in total. The first-order chi connectivity index (χ1) is 8.16. The maximum Gasteiger partial charge on any atom is 0.185 e. The SMILES string of the molecule is Cc1ccnc2c1[nH]c(=S)n2-c1ccn(C)n1. The highest BCUT2D eigenvalue weighted by atomic mass is 32.1. The van der Waals surface area contributed by atoms with Crippen molar-refractivity contribution in [2.24, 2.45) is 7.05 Å². The van der Waals surface area contributed by atoms with E-state index in [1.807, 2.05) is 36.9 Å². The van der Waals surface area contributed by atoms with E-state index < -0.39 is 0 Å². The third kappa shape index (κ3) is 1.49. The molecule has 0 radical (unpaired) electrons. The summed E-state index contributed by atoms with van der Waals surface area (Å²) >= 11 is 5.32. The lowest BCUT2D eigenvalue weighted by molar-refractivity contribution is 0.751. The Balaban J connectivity index is 2.40. The number of rotatable bonds is 1. The summed E-state index contributed by atoms with van der Waals surface area (Å²) in [4.78, 5) is 7.53. The molecule has 0 aromatic carbocycles. The Morgan fingerprint density at radius 1 is 1.35 bits per heavy atom. The summed E-state index contributed by atoms with van der Waals surface area (Å²) in [6.45, 7) is 2.03. The molecule has 0 atom stereocenters. The second-order valence-electron chi connectivity index (χ2n) is 3.94. The molecule has 3 rings (SSSR count). The molecule has 3 aromatic rings. The topological polar surface area (TPSA) is 51.4 Å². The summed E-state index contributed by atoms with van der Waals surface area (Å²) in [5.74, 6) is 0.779. The standard InChI is InChI=1S/C11H11N5S/c1-7-3-5-12-10-9(7)13-11(17)16(10)8-4-6-15(2)14-8/h3-6H,1-2H3,(H,13,17). The molecule has 0 fully saturated rings. The van der Waals surface area contributed by atoms with Gasteiger partial charge in [0.1, 0.15) is 0 Å². The number of nitrogens with one attached hydrogen (secondary N) is 1. The Hall–Kier alpha value is -1.95. The van der Waals surface area contributed by atoms with Gasteiger partial charge in [-0.05, 0) is 30.8 Å². The van der Waals surface area contributed by atoms with E-state index in [1.165, 1.54) is 0 Å². The molecular weight excluding hydrogens is 234 g/mol. The fourth-order valence-electron chi connectivity index (χ4n) is 1.86. The average Bonchev–Trinajstić information content (AvgIpc) is 2.82. The number of aromatic amines is 1. The molecule has 0 saturated carbocycles. The molecular formula is C11H11N5S. The average molecular weight is 245 g/mol. The van der Waals surface area contributed by atoms with Crippen molar-refractivity contribution in [1.82, 2.24) is 24.3 Å². The number of fused-ring (bicyclic) bond motifs is 1. The first-order valence-corrected chi connectivity index (χ1v) is 5.64. The maximum absolute atomic E-state index is 5.32. The minimum absolute atomic E-state index is 0.612. The van der Waals surface area contributed by atoms with Gasteiger partial charge in [-0.2, -0.15) is 5.10 Å². The quantitative estimate of drug-likeness (QED) is 0.668. The third-order valence-corrected chi connectivity index (χ3v) is 3.00. The van der Waals surface area contributed by atoms with Crippen LogP contribution in [0.4, 0.5) is 0 Å². The Morgan fingerprint density at radius 3 is 2.88 bits per heavy atom. The van der Waals surface area contributed by atoms with Crippen LogP contribution in [0.25, 0.3) is 17.0 Å². The Bertz CT molecular complexity index is 749. The van der Waals surface area contributed by atoms with Crippen molar-refractivity contribution >= 4 is 23.4 Å². The lowest BCUT2D eigenvalue weighted by atomic mass is 10.3. The van der Waals surface area contributed by atoms with E-state index in [0.29, 0.717) is 4.77 Å². The Labute approximate surface area is 103 Å². The first-order valence-electron chi connectivity index (χ1n) is 5.23. The zero-order valence-electron chi connectivity index (χ0n) is 9.51. The summed E-state index contributed by atoms with van der Waals surface area (Å²) in [5, 5.41) is 4.35. The molecule has 6 heteroatoms. The summed E-state index contributed by atoms with van der Waals surface area (Å²) < 4.78 is 4.20. The van der Waals surface area contributed by atoms with Gasteiger partial charge in [0, 0.05) is 25.5 Å². The van der Waals surface area contributed by atoms with E-state index in [-0.39, 0.29) is 0 Å². The van der Waals surface area contributed by atoms with E-state index >= 15 is 0 Å². The van der Waals surface area contributed by atoms with Crippen LogP contribution in [0.3, 0.4) is 0 Å². The highest BCUT2D eigenvalue weighted by molar-refractivity contribution is 7.71. The molecule has 86 valence electrons. The predicted octanol–water partition coefficient (Wildman–Crippen LogP) is 2.13. The van der Waals surface area contributed by atoms with Crippen LogP contribution in [-0.4, -0.2) is 24.3 Å². The number of H-pyrrole nitrogens is 1. The van der Waals surface area contributed by atoms with E-state index in [9.17, 15) is 0 Å². The zero-order valence-corrected chi connectivity index (χ0v) is 10.3. The van der Waals surface area contributed by atoms with Crippen LogP contribution in [0, 0.1) is 11.7 Å². The van der Waals surface area contributed by atoms with Crippen LogP contribution in [0.1, 0.15) is 5.56 Å². The molecule has 0 unspecified atom stereocenters. The van der Waals surface area contributed by atoms with E-state index in [0.717, 1.165) is 22.5 Å². The van der Waals surface area contributed by atoms with Crippen molar-refractivity contribution in [2.75, 3.05) is 0 Å². The minimum atomic E-state index is 0.612. The number of pyridine rings is 1. The van der Waals surface area contributed by atoms with Gasteiger partial charge in [-0.25, -0.2) is 4.98 Å². The number of nitrogens with zero attached hydrogens (tertiary/aromatic N) is 4. The molecule has 17 heavy (non-hydrogen) atoms. The van der Waals surface area contributed by atoms with Crippen molar-refractivity contribution in [3.05, 3.63) is 34.9 Å². The molecule has 0 aliphatic heterocycles. The van der Waals surface area contributed by atoms with Gasteiger partial charge >= 0.3 is 0 Å². The van der Waals surface area contributed by atoms with E-state index in [2.05, 4.69) is 15.1 Å². The van der Waals surface area contributed by atoms with Crippen LogP contribution in [-0.2, 0) is 7.05 Å². The predicted molar refractivity (Wildman–Crippen MR) is 67.8 cm³/mol. The molecule has 0 aliphatic carbocycles. The van der Waals surface area contributed by atoms with Crippen LogP contribution in [0.15, 0.2) is 24.5 Å². The molecule has 0 spiro atoms. The fourth-order valence-corrected chi connectivity index (χ4v) is 2.14. The third-order valence-electron chi connectivity index (χ3n) is 2.71. The monoisotopic (exact) mass is 245 g/mol. The number of hydrogen-bond acceptors (Lipinski definition) is 3. The number of imidazole rings is 1. The summed E-state index contributed by atoms with van der Waals surface area (Å²) in [5.41, 5.74) is 2.90. The summed E-state index contributed by atoms with van der Waals surface area (Å²) in [6, 6.07) is 3.86. The van der Waals surface area contributed by atoms with Gasteiger partial charge in [-0.1, -0.05) is 0 Å². The Morgan fingerprint density at radius 2 is 2.18 bits per heavy atom. The lowest BCUT2D eigenvalue weighted by Gasteiger charge is -1.99. The summed E-state index contributed by atoms with van der Waals surface area (Å²) in [7, 11) is 1.88. The van der Waals surface area contributed by atoms with E-state index in [4.69, 9.17) is 12.2 Å². The van der Waals surface area contributed by atoms with Gasteiger partial charge in [0.2, 0.25) is 0 Å². The largest absolute Gasteiger partial charge is 0.329 e. The lowest BCUT2D eigenvalue weighted by Crippen LogP contribution is -1.98. The number of aromatic nitrogens is 5. The van der Waals surface area contributed by atoms with Gasteiger partial charge in [-0.15, -0.1) is 0 Å². The summed E-state index contributed by atoms with van der Waals surface area (Å²) in [6.07, 6.45) is 3.66. The van der Waals surface area contributed by atoms with Gasteiger partial charge in [0.25, 0.3) is 0 Å². The van der Waals surface area contributed by atoms with Crippen molar-refractivity contribution in [3.63, 3.8) is 0 Å². The van der Waals surface area contributed by atoms with Gasteiger partial charge in [-0.3, -0.25) is 9.25 Å². The van der Waals surface area contributed by atoms with Crippen LogP contribution >= 0.6 is 12.2 Å². The highest BCUT2D eigenvalue weighted by Crippen LogP contribution is 2.18. The number of aryl methyl sites for hydroxylation is 2. The second kappa shape index (κ2) is 3.53. The van der Waals surface area contributed by atoms with Crippen molar-refractivity contribution in [2.45, 2.75) is 6.92 Å². The van der Waals surface area contributed by atoms with Crippen molar-refractivity contribution < 1.29 is 0 Å². The molecule has 1 N–H and O–H groups in total. The maximum atomic E-state index is 5.32. The number of hydrogen-bond donors (Lipinski definition) is 1. The highest BCUT2D eigenvalue weighted by Gasteiger charge is 2.10. The molecule has 0 aliphatic rings. The Kier molecular flexibility index (Phi) is 2.12. The minimum Gasteiger partial charge on any atom is -0.329 e. The normalized spacial score (nSPS) is 11.2. The fraction of sp³-hybridized carbons (Fsp3) is 0.182. The molecule has 0 saturated heterocycles. The molecule has 3 aromatic heterocycles. The van der Waals surface area contributed by atoms with Gasteiger partial charge in [0.05, 0.1) is 5.52 Å². The van der Waals surface area contributed by atoms with Crippen LogP contribution in [0.5, 0.6) is 0 Å². The van der Waals surface area contributed by atoms with E-state index in [1.54, 1.807) is 10.9 Å². The molecule has 0 bridgehead atoms. The molecule has 0 amide bonds. The van der Waals surface area contributed by atoms with Crippen LogP contribution in [0.2, 0.25) is 0 Å². The van der Waals surface area contributed by atoms with Crippen molar-refractivity contribution in [3.8, 4) is 5.82 Å². The van der Waals surface area contributed by atoms with Crippen molar-refractivity contribution in [1.29, 1.82) is 0 Å².